The number of nitrogens with zero attached hydrogens (tertiary/aromatic N) is 2. The van der Waals surface area contributed by atoms with Gasteiger partial charge in [0.1, 0.15) is 17.6 Å². The van der Waals surface area contributed by atoms with Crippen LogP contribution in [-0.4, -0.2) is 46.9 Å². The molecule has 2 aliphatic rings. The Kier molecular flexibility index (Phi) is 8.87. The van der Waals surface area contributed by atoms with Gasteiger partial charge < -0.3 is 19.3 Å². The summed E-state index contributed by atoms with van der Waals surface area (Å²) in [5.41, 5.74) is 2.23. The largest absolute Gasteiger partial charge is 0.507 e. The first-order chi connectivity index (χ1) is 20.6. The maximum absolute atomic E-state index is 13.7. The Hall–Kier alpha value is -4.18. The van der Waals surface area contributed by atoms with Gasteiger partial charge >= 0.3 is 5.91 Å². The van der Waals surface area contributed by atoms with Crippen molar-refractivity contribution in [2.75, 3.05) is 18.1 Å². The summed E-state index contributed by atoms with van der Waals surface area (Å²) < 4.78 is 17.7. The van der Waals surface area contributed by atoms with Gasteiger partial charge in [-0.2, -0.15) is 0 Å². The predicted molar refractivity (Wildman–Crippen MR) is 165 cm³/mol. The van der Waals surface area contributed by atoms with Gasteiger partial charge in [-0.05, 0) is 68.7 Å². The van der Waals surface area contributed by atoms with Gasteiger partial charge in [0.05, 0.1) is 35.4 Å². The fraction of sp³-hybridized carbons (Fsp3) is 0.394. The summed E-state index contributed by atoms with van der Waals surface area (Å²) in [6.07, 6.45) is 3.67. The molecule has 3 heterocycles. The summed E-state index contributed by atoms with van der Waals surface area (Å²) in [5.74, 6) is -0.430. The number of benzene rings is 2. The average molecular weight is 605 g/mol. The maximum atomic E-state index is 13.7. The Labute approximate surface area is 255 Å². The molecule has 0 aliphatic carbocycles. The van der Waals surface area contributed by atoms with E-state index >= 15 is 0 Å². The Bertz CT molecular complexity index is 1610. The predicted octanol–water partition coefficient (Wildman–Crippen LogP) is 6.57. The number of anilines is 1. The van der Waals surface area contributed by atoms with Crippen LogP contribution < -0.4 is 19.1 Å². The minimum absolute atomic E-state index is 0.00119. The summed E-state index contributed by atoms with van der Waals surface area (Å²) in [6, 6.07) is 9.46. The maximum Gasteiger partial charge on any atom is 0.301 e. The molecule has 0 saturated carbocycles. The van der Waals surface area contributed by atoms with Crippen molar-refractivity contribution in [3.05, 3.63) is 69.2 Å². The molecule has 2 aliphatic heterocycles. The number of hydrogen-bond acceptors (Lipinski definition) is 9. The fourth-order valence-corrected chi connectivity index (χ4v) is 6.49. The molecule has 9 nitrogen and oxygen atoms in total. The second kappa shape index (κ2) is 12.6. The molecule has 2 atom stereocenters. The first-order valence-electron chi connectivity index (χ1n) is 14.6. The van der Waals surface area contributed by atoms with Crippen LogP contribution in [0.4, 0.5) is 5.13 Å². The zero-order chi connectivity index (χ0) is 30.8. The molecule has 2 unspecified atom stereocenters. The van der Waals surface area contributed by atoms with E-state index in [1.54, 1.807) is 43.3 Å². The van der Waals surface area contributed by atoms with E-state index in [0.717, 1.165) is 41.9 Å². The lowest BCUT2D eigenvalue weighted by Gasteiger charge is -2.24. The third-order valence-electron chi connectivity index (χ3n) is 7.51. The Balaban J connectivity index is 1.65. The normalized spacial score (nSPS) is 19.0. The number of fused-ring (bicyclic) bond motifs is 1. The highest BCUT2D eigenvalue weighted by molar-refractivity contribution is 7.18. The number of unbranched alkanes of at least 4 members (excludes halogenated alkanes) is 2. The van der Waals surface area contributed by atoms with Crippen LogP contribution in [0.5, 0.6) is 17.2 Å². The van der Waals surface area contributed by atoms with Gasteiger partial charge in [0.2, 0.25) is 0 Å². The minimum atomic E-state index is -1.03. The van der Waals surface area contributed by atoms with Crippen LogP contribution in [0, 0.1) is 6.92 Å². The SMILES string of the molecule is CCCCCOc1ccc(C2/C(=C(/O)c3ccc4c(c3)CC(C)O4)C(=O)C(=O)N2c2nc(C)c(C(C)=O)s2)cc1OCC. The van der Waals surface area contributed by atoms with Crippen molar-refractivity contribution in [1.29, 1.82) is 0 Å². The van der Waals surface area contributed by atoms with Crippen LogP contribution in [-0.2, 0) is 16.0 Å². The van der Waals surface area contributed by atoms with E-state index in [9.17, 15) is 19.5 Å². The lowest BCUT2D eigenvalue weighted by Crippen LogP contribution is -2.29. The number of ether oxygens (including phenoxy) is 3. The number of amides is 1. The highest BCUT2D eigenvalue weighted by Gasteiger charge is 2.48. The van der Waals surface area contributed by atoms with E-state index in [4.69, 9.17) is 14.2 Å². The highest BCUT2D eigenvalue weighted by atomic mass is 32.1. The number of ketones is 2. The van der Waals surface area contributed by atoms with E-state index in [2.05, 4.69) is 11.9 Å². The molecule has 1 fully saturated rings. The molecule has 43 heavy (non-hydrogen) atoms. The van der Waals surface area contributed by atoms with Gasteiger partial charge in [-0.3, -0.25) is 19.3 Å². The number of Topliss-reactive ketones (excluding diaryl/α,β-unsaturated/α-hetero) is 2. The molecule has 226 valence electrons. The summed E-state index contributed by atoms with van der Waals surface area (Å²) >= 11 is 1.04. The van der Waals surface area contributed by atoms with Crippen LogP contribution in [0.3, 0.4) is 0 Å². The summed E-state index contributed by atoms with van der Waals surface area (Å²) in [6.45, 7) is 9.97. The number of aromatic nitrogens is 1. The third kappa shape index (κ3) is 5.88. The van der Waals surface area contributed by atoms with Gasteiger partial charge in [0.25, 0.3) is 5.78 Å². The van der Waals surface area contributed by atoms with E-state index < -0.39 is 17.7 Å². The van der Waals surface area contributed by atoms with E-state index in [-0.39, 0.29) is 28.4 Å². The second-order valence-electron chi connectivity index (χ2n) is 10.8. The minimum Gasteiger partial charge on any atom is -0.507 e. The molecule has 1 saturated heterocycles. The van der Waals surface area contributed by atoms with Crippen molar-refractivity contribution >= 4 is 39.7 Å². The number of carbonyl (C=O) groups is 3. The Morgan fingerprint density at radius 2 is 1.91 bits per heavy atom. The van der Waals surface area contributed by atoms with Crippen LogP contribution >= 0.6 is 11.3 Å². The molecule has 1 N–H and O–H groups in total. The van der Waals surface area contributed by atoms with Crippen molar-refractivity contribution in [2.24, 2.45) is 0 Å². The number of aliphatic hydroxyl groups is 1. The van der Waals surface area contributed by atoms with Gasteiger partial charge in [-0.15, -0.1) is 0 Å². The third-order valence-corrected chi connectivity index (χ3v) is 8.77. The molecule has 0 radical (unpaired) electrons. The lowest BCUT2D eigenvalue weighted by molar-refractivity contribution is -0.132. The van der Waals surface area contributed by atoms with E-state index in [1.165, 1.54) is 11.8 Å². The zero-order valence-electron chi connectivity index (χ0n) is 25.1. The smallest absolute Gasteiger partial charge is 0.301 e. The molecule has 1 aromatic heterocycles. The summed E-state index contributed by atoms with van der Waals surface area (Å²) in [4.78, 5) is 45.8. The van der Waals surface area contributed by atoms with Gasteiger partial charge in [-0.1, -0.05) is 37.2 Å². The van der Waals surface area contributed by atoms with Gasteiger partial charge in [0.15, 0.2) is 22.4 Å². The molecular formula is C33H36N2O7S. The zero-order valence-corrected chi connectivity index (χ0v) is 25.9. The second-order valence-corrected chi connectivity index (χ2v) is 11.8. The van der Waals surface area contributed by atoms with Crippen LogP contribution in [0.2, 0.25) is 0 Å². The average Bonchev–Trinajstić information content (AvgIpc) is 3.63. The number of carbonyl (C=O) groups excluding carboxylic acids is 3. The molecule has 1 amide bonds. The van der Waals surface area contributed by atoms with Crippen molar-refractivity contribution in [1.82, 2.24) is 4.98 Å². The number of rotatable bonds is 11. The Morgan fingerprint density at radius 1 is 1.12 bits per heavy atom. The van der Waals surface area contributed by atoms with Gasteiger partial charge in [0, 0.05) is 18.9 Å². The number of hydrogen-bond donors (Lipinski definition) is 1. The van der Waals surface area contributed by atoms with Crippen LogP contribution in [0.25, 0.3) is 5.76 Å². The number of aliphatic hydroxyl groups excluding tert-OH is 1. The van der Waals surface area contributed by atoms with E-state index in [0.29, 0.717) is 52.8 Å². The van der Waals surface area contributed by atoms with Crippen molar-refractivity contribution < 1.29 is 33.7 Å². The number of thiazole rings is 1. The first-order valence-corrected chi connectivity index (χ1v) is 15.4. The van der Waals surface area contributed by atoms with Gasteiger partial charge in [-0.25, -0.2) is 4.98 Å². The van der Waals surface area contributed by atoms with Crippen LogP contribution in [0.15, 0.2) is 42.0 Å². The first kappa shape index (κ1) is 30.3. The highest BCUT2D eigenvalue weighted by Crippen LogP contribution is 2.46. The van der Waals surface area contributed by atoms with Crippen molar-refractivity contribution in [3.8, 4) is 17.2 Å². The molecule has 0 bridgehead atoms. The Morgan fingerprint density at radius 3 is 2.60 bits per heavy atom. The topological polar surface area (TPSA) is 115 Å². The van der Waals surface area contributed by atoms with Crippen molar-refractivity contribution in [2.45, 2.75) is 72.4 Å². The number of aryl methyl sites for hydroxylation is 1. The molecule has 5 rings (SSSR count). The molecule has 3 aromatic rings. The lowest BCUT2D eigenvalue weighted by atomic mass is 9.94. The fourth-order valence-electron chi connectivity index (χ4n) is 5.50. The molecule has 10 heteroatoms. The van der Waals surface area contributed by atoms with Crippen LogP contribution in [0.1, 0.15) is 85.1 Å². The molecule has 0 spiro atoms. The molecular weight excluding hydrogens is 568 g/mol. The molecule has 2 aromatic carbocycles. The van der Waals surface area contributed by atoms with E-state index in [1.807, 2.05) is 13.8 Å². The quantitative estimate of drug-likeness (QED) is 0.0859. The monoisotopic (exact) mass is 604 g/mol. The summed E-state index contributed by atoms with van der Waals surface area (Å²) in [5, 5.41) is 11.9. The summed E-state index contributed by atoms with van der Waals surface area (Å²) in [7, 11) is 0. The van der Waals surface area contributed by atoms with Crippen molar-refractivity contribution in [3.63, 3.8) is 0 Å². The standard InChI is InChI=1S/C33H36N2O7S/c1-6-8-9-14-41-25-13-10-21(17-26(25)40-7-2)28-27(29(37)22-11-12-24-23(16-22)15-18(3)42-24)30(38)32(39)35(28)33-34-19(4)31(43-33)20(5)36/h10-13,16-18,28,37H,6-9,14-15H2,1-5H3/b29-27-.